The van der Waals surface area contributed by atoms with Gasteiger partial charge in [-0.05, 0) is 55.5 Å². The summed E-state index contributed by atoms with van der Waals surface area (Å²) in [6, 6.07) is 13.3. The maximum atomic E-state index is 13.0. The summed E-state index contributed by atoms with van der Waals surface area (Å²) in [5, 5.41) is 2.31. The number of hydrogen-bond acceptors (Lipinski definition) is 4. The molecule has 6 nitrogen and oxygen atoms in total. The van der Waals surface area contributed by atoms with Crippen molar-refractivity contribution in [3.05, 3.63) is 87.9 Å². The highest BCUT2D eigenvalue weighted by Crippen LogP contribution is 2.34. The molecular formula is C24H22ClF3N2O4S. The second-order valence-electron chi connectivity index (χ2n) is 7.75. The molecule has 0 aromatic heterocycles. The molecule has 0 aliphatic heterocycles. The molecule has 1 N–H and O–H groups in total. The quantitative estimate of drug-likeness (QED) is 0.425. The molecule has 0 fully saturated rings. The van der Waals surface area contributed by atoms with Crippen LogP contribution in [0.3, 0.4) is 0 Å². The van der Waals surface area contributed by atoms with Crippen molar-refractivity contribution < 1.29 is 31.1 Å². The minimum atomic E-state index is -4.61. The SMILES string of the molecule is COc1ccc(C(=O)Nc2cc(C(F)(F)F)ccc2Cl)cc1CN(C)S(=O)(=O)c1ccc(C)cc1. The van der Waals surface area contributed by atoms with Crippen LogP contribution in [0.5, 0.6) is 5.75 Å². The second kappa shape index (κ2) is 10.3. The van der Waals surface area contributed by atoms with Gasteiger partial charge in [-0.2, -0.15) is 17.5 Å². The Hall–Kier alpha value is -3.08. The third-order valence-electron chi connectivity index (χ3n) is 5.21. The van der Waals surface area contributed by atoms with Gasteiger partial charge in [0.05, 0.1) is 28.3 Å². The molecule has 0 radical (unpaired) electrons. The van der Waals surface area contributed by atoms with Crippen molar-refractivity contribution in [2.45, 2.75) is 24.5 Å². The monoisotopic (exact) mass is 526 g/mol. The fourth-order valence-electron chi connectivity index (χ4n) is 3.25. The number of nitrogens with zero attached hydrogens (tertiary/aromatic N) is 1. The van der Waals surface area contributed by atoms with Gasteiger partial charge >= 0.3 is 6.18 Å². The number of hydrogen-bond donors (Lipinski definition) is 1. The van der Waals surface area contributed by atoms with E-state index >= 15 is 0 Å². The number of methoxy groups -OCH3 is 1. The smallest absolute Gasteiger partial charge is 0.416 e. The van der Waals surface area contributed by atoms with E-state index in [2.05, 4.69) is 5.32 Å². The summed E-state index contributed by atoms with van der Waals surface area (Å²) in [6.07, 6.45) is -4.61. The van der Waals surface area contributed by atoms with Crippen molar-refractivity contribution in [3.8, 4) is 5.75 Å². The maximum absolute atomic E-state index is 13.0. The molecule has 0 saturated heterocycles. The fraction of sp³-hybridized carbons (Fsp3) is 0.208. The van der Waals surface area contributed by atoms with Crippen LogP contribution in [0.1, 0.15) is 27.0 Å². The van der Waals surface area contributed by atoms with E-state index in [0.29, 0.717) is 11.3 Å². The van der Waals surface area contributed by atoms with E-state index < -0.39 is 27.7 Å². The average molecular weight is 527 g/mol. The maximum Gasteiger partial charge on any atom is 0.416 e. The molecular weight excluding hydrogens is 505 g/mol. The molecule has 11 heteroatoms. The first-order chi connectivity index (χ1) is 16.3. The number of sulfonamides is 1. The Labute approximate surface area is 206 Å². The molecule has 0 unspecified atom stereocenters. The van der Waals surface area contributed by atoms with E-state index in [4.69, 9.17) is 16.3 Å². The molecule has 0 saturated carbocycles. The predicted molar refractivity (Wildman–Crippen MR) is 127 cm³/mol. The van der Waals surface area contributed by atoms with Crippen molar-refractivity contribution in [3.63, 3.8) is 0 Å². The van der Waals surface area contributed by atoms with E-state index in [1.54, 1.807) is 12.1 Å². The topological polar surface area (TPSA) is 75.7 Å². The summed E-state index contributed by atoms with van der Waals surface area (Å²) >= 11 is 5.97. The van der Waals surface area contributed by atoms with Gasteiger partial charge in [-0.1, -0.05) is 29.3 Å². The van der Waals surface area contributed by atoms with Gasteiger partial charge in [0.1, 0.15) is 5.75 Å². The molecule has 0 spiro atoms. The Morgan fingerprint density at radius 3 is 2.31 bits per heavy atom. The molecule has 186 valence electrons. The molecule has 0 aliphatic carbocycles. The van der Waals surface area contributed by atoms with Crippen molar-refractivity contribution in [2.24, 2.45) is 0 Å². The predicted octanol–water partition coefficient (Wildman–Crippen LogP) is 5.75. The lowest BCUT2D eigenvalue weighted by Gasteiger charge is -2.19. The summed E-state index contributed by atoms with van der Waals surface area (Å²) in [5.74, 6) is -0.385. The largest absolute Gasteiger partial charge is 0.496 e. The van der Waals surface area contributed by atoms with Crippen LogP contribution >= 0.6 is 11.6 Å². The Balaban J connectivity index is 1.87. The Morgan fingerprint density at radius 1 is 1.06 bits per heavy atom. The number of carbonyl (C=O) groups is 1. The molecule has 1 amide bonds. The zero-order valence-corrected chi connectivity index (χ0v) is 20.6. The zero-order valence-electron chi connectivity index (χ0n) is 19.0. The van der Waals surface area contributed by atoms with Gasteiger partial charge in [-0.15, -0.1) is 0 Å². The van der Waals surface area contributed by atoms with E-state index in [-0.39, 0.29) is 27.7 Å². The number of benzene rings is 3. The van der Waals surface area contributed by atoms with Gasteiger partial charge in [0.25, 0.3) is 5.91 Å². The lowest BCUT2D eigenvalue weighted by atomic mass is 10.1. The van der Waals surface area contributed by atoms with E-state index in [9.17, 15) is 26.4 Å². The molecule has 35 heavy (non-hydrogen) atoms. The van der Waals surface area contributed by atoms with Gasteiger partial charge in [0.15, 0.2) is 0 Å². The molecule has 0 heterocycles. The normalized spacial score (nSPS) is 12.0. The van der Waals surface area contributed by atoms with Crippen LogP contribution in [0.15, 0.2) is 65.6 Å². The number of amides is 1. The second-order valence-corrected chi connectivity index (χ2v) is 10.2. The van der Waals surface area contributed by atoms with E-state index in [1.807, 2.05) is 6.92 Å². The Bertz CT molecular complexity index is 1340. The van der Waals surface area contributed by atoms with Gasteiger partial charge in [-0.25, -0.2) is 8.42 Å². The van der Waals surface area contributed by atoms with Crippen molar-refractivity contribution in [1.29, 1.82) is 0 Å². The zero-order chi connectivity index (χ0) is 26.0. The highest BCUT2D eigenvalue weighted by molar-refractivity contribution is 7.89. The molecule has 3 aromatic carbocycles. The van der Waals surface area contributed by atoms with Crippen LogP contribution in [-0.2, 0) is 22.7 Å². The number of nitrogens with one attached hydrogen (secondary N) is 1. The summed E-state index contributed by atoms with van der Waals surface area (Å²) in [7, 11) is -1.04. The number of ether oxygens (including phenoxy) is 1. The first-order valence-corrected chi connectivity index (χ1v) is 12.0. The third kappa shape index (κ3) is 6.14. The average Bonchev–Trinajstić information content (AvgIpc) is 2.79. The lowest BCUT2D eigenvalue weighted by Crippen LogP contribution is -2.27. The number of rotatable bonds is 7. The number of carbonyl (C=O) groups excluding carboxylic acids is 1. The van der Waals surface area contributed by atoms with Crippen LogP contribution in [0, 0.1) is 6.92 Å². The summed E-state index contributed by atoms with van der Waals surface area (Å²) in [5.41, 5.74) is 0.204. The van der Waals surface area contributed by atoms with Crippen molar-refractivity contribution in [2.75, 3.05) is 19.5 Å². The van der Waals surface area contributed by atoms with Crippen molar-refractivity contribution in [1.82, 2.24) is 4.31 Å². The molecule has 3 aromatic rings. The van der Waals surface area contributed by atoms with Crippen LogP contribution < -0.4 is 10.1 Å². The van der Waals surface area contributed by atoms with E-state index in [0.717, 1.165) is 28.1 Å². The van der Waals surface area contributed by atoms with Gasteiger partial charge in [-0.3, -0.25) is 4.79 Å². The molecule has 3 rings (SSSR count). The van der Waals surface area contributed by atoms with Crippen LogP contribution in [0.4, 0.5) is 18.9 Å². The van der Waals surface area contributed by atoms with Crippen molar-refractivity contribution >= 4 is 33.2 Å². The van der Waals surface area contributed by atoms with Gasteiger partial charge in [0.2, 0.25) is 10.0 Å². The highest BCUT2D eigenvalue weighted by atomic mass is 35.5. The Kier molecular flexibility index (Phi) is 7.78. The highest BCUT2D eigenvalue weighted by Gasteiger charge is 2.31. The van der Waals surface area contributed by atoms with E-state index in [1.165, 1.54) is 44.5 Å². The molecule has 0 atom stereocenters. The standard InChI is InChI=1S/C24H22ClF3N2O4S/c1-15-4-8-19(9-5-15)35(32,33)30(2)14-17-12-16(6-11-22(17)34-3)23(31)29-21-13-18(24(26,27)28)7-10-20(21)25/h4-13H,14H2,1-3H3,(H,29,31). The number of aryl methyl sites for hydroxylation is 1. The third-order valence-corrected chi connectivity index (χ3v) is 7.35. The fourth-order valence-corrected chi connectivity index (χ4v) is 4.56. The van der Waals surface area contributed by atoms with Crippen LogP contribution in [-0.4, -0.2) is 32.8 Å². The first-order valence-electron chi connectivity index (χ1n) is 10.2. The lowest BCUT2D eigenvalue weighted by molar-refractivity contribution is -0.137. The first kappa shape index (κ1) is 26.5. The summed E-state index contributed by atoms with van der Waals surface area (Å²) < 4.78 is 71.4. The number of alkyl halides is 3. The molecule has 0 aliphatic rings. The van der Waals surface area contributed by atoms with Gasteiger partial charge in [0, 0.05) is 24.7 Å². The minimum Gasteiger partial charge on any atom is -0.496 e. The van der Waals surface area contributed by atoms with Crippen LogP contribution in [0.2, 0.25) is 5.02 Å². The number of halogens is 4. The van der Waals surface area contributed by atoms with Gasteiger partial charge < -0.3 is 10.1 Å². The summed E-state index contributed by atoms with van der Waals surface area (Å²) in [4.78, 5) is 12.9. The Morgan fingerprint density at radius 2 is 1.71 bits per heavy atom. The number of anilines is 1. The summed E-state index contributed by atoms with van der Waals surface area (Å²) in [6.45, 7) is 1.72. The molecule has 0 bridgehead atoms. The minimum absolute atomic E-state index is 0.0657. The van der Waals surface area contributed by atoms with Crippen LogP contribution in [0.25, 0.3) is 0 Å².